The first-order chi connectivity index (χ1) is 28.5. The van der Waals surface area contributed by atoms with Crippen molar-refractivity contribution in [2.24, 2.45) is 0 Å². The summed E-state index contributed by atoms with van der Waals surface area (Å²) in [7, 11) is 3.12. The molecule has 11 heteroatoms. The molecule has 2 N–H and O–H groups in total. The fraction of sp³-hybridized carbons (Fsp3) is 0.292. The maximum Gasteiger partial charge on any atom is 0.258 e. The van der Waals surface area contributed by atoms with E-state index in [0.717, 1.165) is 33.4 Å². The largest absolute Gasteiger partial charge is 0.493 e. The van der Waals surface area contributed by atoms with E-state index in [0.29, 0.717) is 83.8 Å². The number of aryl methyl sites for hydroxylation is 1. The molecule has 0 saturated carbocycles. The molecule has 3 aliphatic heterocycles. The number of hydrogen-bond acceptors (Lipinski definition) is 9. The SMILES string of the molecule is C=CC1CC(c2ccc(N)cc2)=CN1C(=O)c1cc(OC)c(OCCCOc2cc(C(C)C)c(C(=O)N3C=C(c4ccc5c(c4)OCO5)CC3C=C)cc2OC)cc1C. The fourth-order valence-electron chi connectivity index (χ4n) is 7.65. The molecule has 59 heavy (non-hydrogen) atoms. The molecule has 2 atom stereocenters. The van der Waals surface area contributed by atoms with Crippen molar-refractivity contribution < 1.29 is 38.0 Å². The number of rotatable bonds is 15. The predicted molar refractivity (Wildman–Crippen MR) is 229 cm³/mol. The Morgan fingerprint density at radius 3 is 1.88 bits per heavy atom. The topological polar surface area (TPSA) is 122 Å². The summed E-state index contributed by atoms with van der Waals surface area (Å²) in [5, 5.41) is 0. The zero-order valence-corrected chi connectivity index (χ0v) is 34.3. The monoisotopic (exact) mass is 797 g/mol. The second-order valence-corrected chi connectivity index (χ2v) is 15.1. The zero-order valence-electron chi connectivity index (χ0n) is 34.3. The van der Waals surface area contributed by atoms with Crippen LogP contribution in [0.25, 0.3) is 11.1 Å². The lowest BCUT2D eigenvalue weighted by atomic mass is 9.95. The molecule has 0 bridgehead atoms. The minimum Gasteiger partial charge on any atom is -0.493 e. The van der Waals surface area contributed by atoms with E-state index in [4.69, 9.17) is 34.2 Å². The first-order valence-electron chi connectivity index (χ1n) is 19.8. The van der Waals surface area contributed by atoms with E-state index in [1.165, 1.54) is 0 Å². The Labute approximate surface area is 345 Å². The average Bonchev–Trinajstić information content (AvgIpc) is 4.02. The van der Waals surface area contributed by atoms with Crippen LogP contribution in [0.15, 0.2) is 104 Å². The molecule has 0 fully saturated rings. The summed E-state index contributed by atoms with van der Waals surface area (Å²) >= 11 is 0. The summed E-state index contributed by atoms with van der Waals surface area (Å²) in [6, 6.07) is 20.3. The van der Waals surface area contributed by atoms with E-state index in [1.54, 1.807) is 48.3 Å². The van der Waals surface area contributed by atoms with Gasteiger partial charge in [0, 0.05) is 35.6 Å². The van der Waals surface area contributed by atoms with Gasteiger partial charge in [0.1, 0.15) is 0 Å². The minimum absolute atomic E-state index is 0.0214. The Hall–Kier alpha value is -6.62. The van der Waals surface area contributed by atoms with E-state index < -0.39 is 0 Å². The van der Waals surface area contributed by atoms with E-state index in [2.05, 4.69) is 13.2 Å². The van der Waals surface area contributed by atoms with Gasteiger partial charge in [0.25, 0.3) is 11.8 Å². The second kappa shape index (κ2) is 17.5. The lowest BCUT2D eigenvalue weighted by Crippen LogP contribution is -2.32. The summed E-state index contributed by atoms with van der Waals surface area (Å²) in [6.07, 6.45) is 9.21. The summed E-state index contributed by atoms with van der Waals surface area (Å²) < 4.78 is 34.9. The number of fused-ring (bicyclic) bond motifs is 1. The Balaban J connectivity index is 1.01. The van der Waals surface area contributed by atoms with E-state index >= 15 is 0 Å². The number of methoxy groups -OCH3 is 2. The lowest BCUT2D eigenvalue weighted by molar-refractivity contribution is 0.0796. The number of amides is 2. The molecule has 306 valence electrons. The number of benzene rings is 4. The second-order valence-electron chi connectivity index (χ2n) is 15.1. The first kappa shape index (κ1) is 40.6. The molecule has 4 aromatic rings. The van der Waals surface area contributed by atoms with Gasteiger partial charge < -0.3 is 44.0 Å². The number of nitrogens with two attached hydrogens (primary N) is 1. The van der Waals surface area contributed by atoms with Gasteiger partial charge in [-0.1, -0.05) is 44.2 Å². The van der Waals surface area contributed by atoms with Gasteiger partial charge in [0.2, 0.25) is 6.79 Å². The van der Waals surface area contributed by atoms with Crippen LogP contribution in [-0.4, -0.2) is 67.9 Å². The molecule has 2 unspecified atom stereocenters. The first-order valence-corrected chi connectivity index (χ1v) is 19.8. The van der Waals surface area contributed by atoms with Crippen LogP contribution in [0.1, 0.15) is 82.0 Å². The predicted octanol–water partition coefficient (Wildman–Crippen LogP) is 9.18. The van der Waals surface area contributed by atoms with Crippen LogP contribution in [0.4, 0.5) is 5.69 Å². The molecule has 3 aliphatic rings. The van der Waals surface area contributed by atoms with Crippen molar-refractivity contribution in [3.05, 3.63) is 138 Å². The normalized spacial score (nSPS) is 16.8. The molecule has 0 aromatic heterocycles. The Morgan fingerprint density at radius 1 is 0.746 bits per heavy atom. The number of nitrogens with zero attached hydrogens (tertiary/aromatic N) is 2. The number of carbonyl (C=O) groups is 2. The molecule has 4 aromatic carbocycles. The van der Waals surface area contributed by atoms with Crippen LogP contribution >= 0.6 is 0 Å². The van der Waals surface area contributed by atoms with Crippen molar-refractivity contribution >= 4 is 28.6 Å². The van der Waals surface area contributed by atoms with Crippen LogP contribution < -0.4 is 34.2 Å². The third kappa shape index (κ3) is 8.37. The van der Waals surface area contributed by atoms with E-state index in [1.807, 2.05) is 87.8 Å². The fourth-order valence-corrected chi connectivity index (χ4v) is 7.65. The van der Waals surface area contributed by atoms with Crippen molar-refractivity contribution in [3.8, 4) is 34.5 Å². The van der Waals surface area contributed by atoms with Gasteiger partial charge in [-0.25, -0.2) is 0 Å². The zero-order chi connectivity index (χ0) is 41.8. The quantitative estimate of drug-likeness (QED) is 0.0713. The number of carbonyl (C=O) groups excluding carboxylic acids is 2. The van der Waals surface area contributed by atoms with Crippen molar-refractivity contribution in [2.75, 3.05) is 40.0 Å². The third-order valence-electron chi connectivity index (χ3n) is 10.9. The van der Waals surface area contributed by atoms with Gasteiger partial charge in [-0.05, 0) is 108 Å². The van der Waals surface area contributed by atoms with Gasteiger partial charge in [-0.15, -0.1) is 13.2 Å². The van der Waals surface area contributed by atoms with Crippen LogP contribution in [0.2, 0.25) is 0 Å². The van der Waals surface area contributed by atoms with Crippen molar-refractivity contribution in [1.82, 2.24) is 9.80 Å². The molecule has 2 amide bonds. The highest BCUT2D eigenvalue weighted by atomic mass is 16.7. The van der Waals surface area contributed by atoms with Crippen molar-refractivity contribution in [1.29, 1.82) is 0 Å². The van der Waals surface area contributed by atoms with Crippen LogP contribution in [-0.2, 0) is 0 Å². The molecular weight excluding hydrogens is 747 g/mol. The maximum atomic E-state index is 14.3. The average molecular weight is 798 g/mol. The Morgan fingerprint density at radius 2 is 1.29 bits per heavy atom. The lowest BCUT2D eigenvalue weighted by Gasteiger charge is -2.24. The van der Waals surface area contributed by atoms with Gasteiger partial charge in [0.05, 0.1) is 39.5 Å². The smallest absolute Gasteiger partial charge is 0.258 e. The number of ether oxygens (including phenoxy) is 6. The summed E-state index contributed by atoms with van der Waals surface area (Å²) in [6.45, 7) is 14.8. The van der Waals surface area contributed by atoms with Gasteiger partial charge in [-0.3, -0.25) is 9.59 Å². The number of nitrogen functional groups attached to an aromatic ring is 1. The van der Waals surface area contributed by atoms with E-state index in [-0.39, 0.29) is 36.6 Å². The van der Waals surface area contributed by atoms with Gasteiger partial charge in [-0.2, -0.15) is 0 Å². The van der Waals surface area contributed by atoms with Crippen LogP contribution in [0, 0.1) is 6.92 Å². The van der Waals surface area contributed by atoms with Crippen molar-refractivity contribution in [3.63, 3.8) is 0 Å². The van der Waals surface area contributed by atoms with Crippen LogP contribution in [0.3, 0.4) is 0 Å². The molecule has 0 radical (unpaired) electrons. The highest BCUT2D eigenvalue weighted by molar-refractivity contribution is 6.00. The minimum atomic E-state index is -0.218. The van der Waals surface area contributed by atoms with E-state index in [9.17, 15) is 9.59 Å². The maximum absolute atomic E-state index is 14.3. The summed E-state index contributed by atoms with van der Waals surface area (Å²) in [5.41, 5.74) is 13.2. The molecular formula is C48H51N3O8. The molecule has 3 heterocycles. The molecule has 11 nitrogen and oxygen atoms in total. The Kier molecular flexibility index (Phi) is 12.0. The standard InChI is InChI=1S/C48H51N3O8/c1-8-36-20-33(31-11-14-35(49)15-12-31)26-50(36)47(52)39-24-42(54-6)44(19-30(39)5)56-17-10-18-57-46-23-38(29(3)4)40(25-43(46)55-7)48(53)51-27-34(21-37(51)9-2)32-13-16-41-45(22-32)59-28-58-41/h8-9,11-16,19,22-27,29,36-37H,1-2,10,17-18,20-21,28,49H2,3-7H3. The molecule has 0 aliphatic carbocycles. The van der Waals surface area contributed by atoms with Crippen LogP contribution in [0.5, 0.6) is 34.5 Å². The summed E-state index contributed by atoms with van der Waals surface area (Å²) in [5.74, 6) is 3.10. The highest BCUT2D eigenvalue weighted by Gasteiger charge is 2.33. The van der Waals surface area contributed by atoms with Gasteiger partial charge in [0.15, 0.2) is 34.5 Å². The highest BCUT2D eigenvalue weighted by Crippen LogP contribution is 2.41. The molecule has 0 spiro atoms. The van der Waals surface area contributed by atoms with Gasteiger partial charge >= 0.3 is 0 Å². The summed E-state index contributed by atoms with van der Waals surface area (Å²) in [4.78, 5) is 31.6. The number of hydrogen-bond donors (Lipinski definition) is 1. The molecule has 0 saturated heterocycles. The number of anilines is 1. The molecule has 7 rings (SSSR count). The van der Waals surface area contributed by atoms with Crippen molar-refractivity contribution in [2.45, 2.75) is 58.0 Å². The Bertz CT molecular complexity index is 2330. The third-order valence-corrected chi connectivity index (χ3v) is 10.9.